The van der Waals surface area contributed by atoms with Crippen LogP contribution in [0, 0.1) is 11.8 Å². The van der Waals surface area contributed by atoms with Crippen LogP contribution >= 0.6 is 11.6 Å². The summed E-state index contributed by atoms with van der Waals surface area (Å²) in [7, 11) is 1.39. The highest BCUT2D eigenvalue weighted by molar-refractivity contribution is 6.31. The zero-order valence-electron chi connectivity index (χ0n) is 12.8. The maximum atomic E-state index is 11.8. The van der Waals surface area contributed by atoms with Gasteiger partial charge in [-0.25, -0.2) is 4.79 Å². The second kappa shape index (κ2) is 6.99. The second-order valence-corrected chi connectivity index (χ2v) is 6.29. The number of esters is 1. The fourth-order valence-corrected chi connectivity index (χ4v) is 3.22. The maximum absolute atomic E-state index is 11.8. The van der Waals surface area contributed by atoms with Crippen LogP contribution in [0.5, 0.6) is 0 Å². The third kappa shape index (κ3) is 4.24. The van der Waals surface area contributed by atoms with Gasteiger partial charge in [-0.05, 0) is 49.8 Å². The van der Waals surface area contributed by atoms with E-state index in [1.165, 1.54) is 19.1 Å². The van der Waals surface area contributed by atoms with Crippen LogP contribution in [-0.4, -0.2) is 19.6 Å². The Hall–Kier alpha value is -1.48. The zero-order chi connectivity index (χ0) is 15.4. The van der Waals surface area contributed by atoms with E-state index in [1.54, 1.807) is 18.2 Å². The number of carbonyl (C=O) groups is 1. The van der Waals surface area contributed by atoms with Gasteiger partial charge < -0.3 is 10.1 Å². The molecule has 0 saturated heterocycles. The van der Waals surface area contributed by atoms with E-state index in [-0.39, 0.29) is 5.97 Å². The third-order valence-corrected chi connectivity index (χ3v) is 4.09. The number of halogens is 1. The number of allylic oxidation sites excluding steroid dienone is 2. The molecule has 1 aliphatic rings. The Labute approximate surface area is 131 Å². The Morgan fingerprint density at radius 2 is 2.24 bits per heavy atom. The van der Waals surface area contributed by atoms with E-state index in [1.807, 2.05) is 0 Å². The van der Waals surface area contributed by atoms with Gasteiger partial charge in [0.05, 0.1) is 18.4 Å². The molecule has 3 nitrogen and oxygen atoms in total. The van der Waals surface area contributed by atoms with E-state index < -0.39 is 0 Å². The van der Waals surface area contributed by atoms with Crippen molar-refractivity contribution >= 4 is 23.3 Å². The minimum atomic E-state index is -0.345. The van der Waals surface area contributed by atoms with E-state index in [9.17, 15) is 4.79 Å². The van der Waals surface area contributed by atoms with E-state index >= 15 is 0 Å². The molecule has 0 radical (unpaired) electrons. The van der Waals surface area contributed by atoms with Gasteiger partial charge in [-0.15, -0.1) is 0 Å². The van der Waals surface area contributed by atoms with Crippen LogP contribution in [0.15, 0.2) is 29.8 Å². The molecular formula is C17H22ClNO2. The van der Waals surface area contributed by atoms with Crippen molar-refractivity contribution in [3.05, 3.63) is 40.4 Å². The highest BCUT2D eigenvalue weighted by Crippen LogP contribution is 2.29. The number of hydrogen-bond acceptors (Lipinski definition) is 3. The molecule has 0 amide bonds. The molecule has 4 heteroatoms. The monoisotopic (exact) mass is 307 g/mol. The minimum absolute atomic E-state index is 0.345. The van der Waals surface area contributed by atoms with Crippen LogP contribution < -0.4 is 5.32 Å². The van der Waals surface area contributed by atoms with Crippen LogP contribution in [0.2, 0.25) is 5.02 Å². The predicted molar refractivity (Wildman–Crippen MR) is 86.9 cm³/mol. The molecule has 1 aromatic carbocycles. The summed E-state index contributed by atoms with van der Waals surface area (Å²) in [5, 5.41) is 3.98. The highest BCUT2D eigenvalue weighted by atomic mass is 35.5. The normalized spacial score (nSPS) is 21.6. The van der Waals surface area contributed by atoms with Crippen molar-refractivity contribution < 1.29 is 9.53 Å². The topological polar surface area (TPSA) is 38.3 Å². The van der Waals surface area contributed by atoms with Gasteiger partial charge in [-0.1, -0.05) is 30.2 Å². The van der Waals surface area contributed by atoms with Gasteiger partial charge in [0.1, 0.15) is 0 Å². The molecule has 2 rings (SSSR count). The van der Waals surface area contributed by atoms with Crippen molar-refractivity contribution in [3.8, 4) is 0 Å². The standard InChI is InChI=1S/C17H22ClNO2/c1-11-6-12(2)8-13(7-11)10-19-16-9-14(18)4-5-15(16)17(20)21-3/h4-6,9,11,13,19H,7-8,10H2,1-3H3. The van der Waals surface area contributed by atoms with Gasteiger partial charge in [0.25, 0.3) is 0 Å². The second-order valence-electron chi connectivity index (χ2n) is 5.86. The molecular weight excluding hydrogens is 286 g/mol. The number of carbonyl (C=O) groups excluding carboxylic acids is 1. The lowest BCUT2D eigenvalue weighted by atomic mass is 9.83. The Morgan fingerprint density at radius 1 is 1.48 bits per heavy atom. The first-order chi connectivity index (χ1) is 9.99. The summed E-state index contributed by atoms with van der Waals surface area (Å²) in [5.74, 6) is 0.849. The van der Waals surface area contributed by atoms with Crippen molar-refractivity contribution in [2.45, 2.75) is 26.7 Å². The number of anilines is 1. The van der Waals surface area contributed by atoms with Gasteiger partial charge in [-0.2, -0.15) is 0 Å². The average Bonchev–Trinajstić information content (AvgIpc) is 2.43. The fourth-order valence-electron chi connectivity index (χ4n) is 3.05. The van der Waals surface area contributed by atoms with Crippen molar-refractivity contribution in [1.82, 2.24) is 0 Å². The zero-order valence-corrected chi connectivity index (χ0v) is 13.5. The maximum Gasteiger partial charge on any atom is 0.339 e. The fraction of sp³-hybridized carbons (Fsp3) is 0.471. The van der Waals surface area contributed by atoms with Gasteiger partial charge in [0, 0.05) is 11.6 Å². The van der Waals surface area contributed by atoms with Crippen LogP contribution in [0.4, 0.5) is 5.69 Å². The van der Waals surface area contributed by atoms with E-state index in [0.717, 1.165) is 18.7 Å². The molecule has 0 heterocycles. The number of methoxy groups -OCH3 is 1. The number of benzene rings is 1. The predicted octanol–water partition coefficient (Wildman–Crippen LogP) is 4.53. The summed E-state index contributed by atoms with van der Waals surface area (Å²) < 4.78 is 4.81. The smallest absolute Gasteiger partial charge is 0.339 e. The summed E-state index contributed by atoms with van der Waals surface area (Å²) in [6.07, 6.45) is 4.61. The summed E-state index contributed by atoms with van der Waals surface area (Å²) in [5.41, 5.74) is 2.71. The summed E-state index contributed by atoms with van der Waals surface area (Å²) in [4.78, 5) is 11.8. The lowest BCUT2D eigenvalue weighted by molar-refractivity contribution is 0.0602. The van der Waals surface area contributed by atoms with Crippen molar-refractivity contribution in [2.75, 3.05) is 19.0 Å². The van der Waals surface area contributed by atoms with Crippen LogP contribution in [-0.2, 0) is 4.74 Å². The molecule has 1 aromatic rings. The molecule has 0 fully saturated rings. The van der Waals surface area contributed by atoms with Crippen LogP contribution in [0.25, 0.3) is 0 Å². The molecule has 0 saturated carbocycles. The molecule has 1 aliphatic carbocycles. The lowest BCUT2D eigenvalue weighted by Crippen LogP contribution is -2.21. The molecule has 0 spiro atoms. The van der Waals surface area contributed by atoms with Gasteiger partial charge in [0.15, 0.2) is 0 Å². The number of rotatable bonds is 4. The first kappa shape index (κ1) is 15.9. The van der Waals surface area contributed by atoms with Crippen LogP contribution in [0.3, 0.4) is 0 Å². The first-order valence-corrected chi connectivity index (χ1v) is 7.66. The Bertz CT molecular complexity index is 554. The highest BCUT2D eigenvalue weighted by Gasteiger charge is 2.19. The number of hydrogen-bond donors (Lipinski definition) is 1. The number of nitrogens with one attached hydrogen (secondary N) is 1. The summed E-state index contributed by atoms with van der Waals surface area (Å²) in [6, 6.07) is 5.18. The van der Waals surface area contributed by atoms with Gasteiger partial charge in [-0.3, -0.25) is 0 Å². The van der Waals surface area contributed by atoms with Gasteiger partial charge >= 0.3 is 5.97 Å². The Morgan fingerprint density at radius 3 is 2.90 bits per heavy atom. The third-order valence-electron chi connectivity index (χ3n) is 3.85. The molecule has 0 aliphatic heterocycles. The largest absolute Gasteiger partial charge is 0.465 e. The molecule has 21 heavy (non-hydrogen) atoms. The van der Waals surface area contributed by atoms with Crippen LogP contribution in [0.1, 0.15) is 37.0 Å². The number of ether oxygens (including phenoxy) is 1. The molecule has 1 N–H and O–H groups in total. The Balaban J connectivity index is 2.07. The quantitative estimate of drug-likeness (QED) is 0.656. The SMILES string of the molecule is COC(=O)c1ccc(Cl)cc1NCC1CC(C)=CC(C)C1. The molecule has 0 aromatic heterocycles. The van der Waals surface area contributed by atoms with E-state index in [0.29, 0.717) is 22.4 Å². The lowest BCUT2D eigenvalue weighted by Gasteiger charge is -2.26. The van der Waals surface area contributed by atoms with Crippen molar-refractivity contribution in [3.63, 3.8) is 0 Å². The van der Waals surface area contributed by atoms with Crippen molar-refractivity contribution in [2.24, 2.45) is 11.8 Å². The van der Waals surface area contributed by atoms with E-state index in [2.05, 4.69) is 25.2 Å². The van der Waals surface area contributed by atoms with Crippen molar-refractivity contribution in [1.29, 1.82) is 0 Å². The molecule has 2 atom stereocenters. The Kier molecular flexibility index (Phi) is 5.29. The average molecular weight is 308 g/mol. The minimum Gasteiger partial charge on any atom is -0.465 e. The van der Waals surface area contributed by atoms with E-state index in [4.69, 9.17) is 16.3 Å². The first-order valence-electron chi connectivity index (χ1n) is 7.28. The molecule has 114 valence electrons. The molecule has 0 bridgehead atoms. The summed E-state index contributed by atoms with van der Waals surface area (Å²) in [6.45, 7) is 5.26. The van der Waals surface area contributed by atoms with Gasteiger partial charge in [0.2, 0.25) is 0 Å². The molecule has 2 unspecified atom stereocenters. The summed E-state index contributed by atoms with van der Waals surface area (Å²) >= 11 is 6.03.